The standard InChI is InChI=1S/C33H54ClNO6/c1-24(2)13-12-14-26(40-32-17-8-10-21-38-32)19-20-28-27(15-6-4-5-7-16-31(37)35-25(3)36)29(34)23-30(28)41-33-18-9-11-22-39-33/h13,19-20,26-30,32-33H,4-12,14-18,21-23H2,1-3H3,(H,35,36,37)/t26-,27+,28+,29+,30+,32?,33?/m0/s1. The molecule has 0 spiro atoms. The van der Waals surface area contributed by atoms with Crippen molar-refractivity contribution < 1.29 is 28.5 Å². The van der Waals surface area contributed by atoms with E-state index in [0.29, 0.717) is 12.3 Å². The molecule has 3 aliphatic rings. The summed E-state index contributed by atoms with van der Waals surface area (Å²) in [6.07, 6.45) is 20.9. The van der Waals surface area contributed by atoms with Crippen LogP contribution in [0.2, 0.25) is 0 Å². The second kappa shape index (κ2) is 19.1. The maximum Gasteiger partial charge on any atom is 0.226 e. The van der Waals surface area contributed by atoms with Crippen LogP contribution in [0.15, 0.2) is 23.8 Å². The fraction of sp³-hybridized carbons (Fsp3) is 0.818. The lowest BCUT2D eigenvalue weighted by atomic mass is 9.88. The number of halogens is 1. The number of hydrogen-bond donors (Lipinski definition) is 1. The Balaban J connectivity index is 1.61. The Labute approximate surface area is 253 Å². The Bertz CT molecular complexity index is 832. The maximum atomic E-state index is 11.7. The quantitative estimate of drug-likeness (QED) is 0.114. The van der Waals surface area contributed by atoms with Crippen molar-refractivity contribution in [3.8, 4) is 0 Å². The van der Waals surface area contributed by atoms with Crippen molar-refractivity contribution in [1.29, 1.82) is 0 Å². The van der Waals surface area contributed by atoms with Crippen molar-refractivity contribution in [2.45, 2.75) is 147 Å². The number of allylic oxidation sites excluding steroid dienone is 2. The molecule has 3 rings (SSSR count). The van der Waals surface area contributed by atoms with E-state index in [1.807, 2.05) is 0 Å². The Morgan fingerprint density at radius 3 is 2.34 bits per heavy atom. The zero-order chi connectivity index (χ0) is 29.5. The topological polar surface area (TPSA) is 83.1 Å². The van der Waals surface area contributed by atoms with Gasteiger partial charge in [-0.2, -0.15) is 0 Å². The molecule has 2 amide bonds. The number of unbranched alkanes of at least 4 members (excludes halogenated alkanes) is 3. The van der Waals surface area contributed by atoms with E-state index in [1.54, 1.807) is 0 Å². The van der Waals surface area contributed by atoms with Gasteiger partial charge in [0.2, 0.25) is 11.8 Å². The first-order valence-electron chi connectivity index (χ1n) is 16.1. The van der Waals surface area contributed by atoms with Crippen molar-refractivity contribution in [3.05, 3.63) is 23.8 Å². The molecule has 1 aliphatic carbocycles. The summed E-state index contributed by atoms with van der Waals surface area (Å²) in [6.45, 7) is 7.17. The number of ether oxygens (including phenoxy) is 4. The number of imide groups is 1. The molecule has 8 heteroatoms. The van der Waals surface area contributed by atoms with E-state index in [1.165, 1.54) is 12.5 Å². The molecule has 3 fully saturated rings. The van der Waals surface area contributed by atoms with Gasteiger partial charge in [-0.15, -0.1) is 11.6 Å². The van der Waals surface area contributed by atoms with E-state index in [4.69, 9.17) is 30.5 Å². The van der Waals surface area contributed by atoms with Crippen LogP contribution in [0.4, 0.5) is 0 Å². The number of nitrogens with one attached hydrogen (secondary N) is 1. The summed E-state index contributed by atoms with van der Waals surface area (Å²) in [6, 6.07) is 0. The molecule has 0 aromatic rings. The van der Waals surface area contributed by atoms with Gasteiger partial charge < -0.3 is 18.9 Å². The number of hydrogen-bond acceptors (Lipinski definition) is 6. The zero-order valence-corrected chi connectivity index (χ0v) is 26.4. The van der Waals surface area contributed by atoms with Crippen LogP contribution in [0.3, 0.4) is 0 Å². The summed E-state index contributed by atoms with van der Waals surface area (Å²) in [5.74, 6) is 0.0250. The van der Waals surface area contributed by atoms with Gasteiger partial charge in [-0.05, 0) is 90.4 Å². The molecule has 0 bridgehead atoms. The van der Waals surface area contributed by atoms with Gasteiger partial charge in [-0.3, -0.25) is 14.9 Å². The summed E-state index contributed by atoms with van der Waals surface area (Å²) >= 11 is 7.01. The third-order valence-corrected chi connectivity index (χ3v) is 8.84. The Morgan fingerprint density at radius 1 is 0.976 bits per heavy atom. The molecule has 41 heavy (non-hydrogen) atoms. The predicted molar refractivity (Wildman–Crippen MR) is 162 cm³/mol. The second-order valence-electron chi connectivity index (χ2n) is 12.2. The van der Waals surface area contributed by atoms with Crippen molar-refractivity contribution in [1.82, 2.24) is 5.32 Å². The van der Waals surface area contributed by atoms with Crippen molar-refractivity contribution in [2.24, 2.45) is 11.8 Å². The summed E-state index contributed by atoms with van der Waals surface area (Å²) in [5, 5.41) is 2.39. The number of carbonyl (C=O) groups is 2. The van der Waals surface area contributed by atoms with Crippen LogP contribution in [0.5, 0.6) is 0 Å². The fourth-order valence-corrected chi connectivity index (χ4v) is 6.63. The number of alkyl halides is 1. The normalized spacial score (nSPS) is 29.4. The van der Waals surface area contributed by atoms with Gasteiger partial charge in [-0.1, -0.05) is 43.1 Å². The minimum absolute atomic E-state index is 0.0172. The van der Waals surface area contributed by atoms with Crippen molar-refractivity contribution in [2.75, 3.05) is 13.2 Å². The fourth-order valence-electron chi connectivity index (χ4n) is 6.16. The Morgan fingerprint density at radius 2 is 1.68 bits per heavy atom. The van der Waals surface area contributed by atoms with Crippen LogP contribution in [-0.4, -0.2) is 55.2 Å². The van der Waals surface area contributed by atoms with E-state index < -0.39 is 0 Å². The largest absolute Gasteiger partial charge is 0.353 e. The predicted octanol–water partition coefficient (Wildman–Crippen LogP) is 7.36. The smallest absolute Gasteiger partial charge is 0.226 e. The average Bonchev–Trinajstić information content (AvgIpc) is 3.22. The first kappa shape index (κ1) is 34.2. The molecule has 1 saturated carbocycles. The van der Waals surface area contributed by atoms with Gasteiger partial charge in [0.1, 0.15) is 0 Å². The van der Waals surface area contributed by atoms with Gasteiger partial charge in [0, 0.05) is 37.9 Å². The molecule has 0 aromatic heterocycles. The Hall–Kier alpha value is -1.25. The van der Waals surface area contributed by atoms with Gasteiger partial charge in [-0.25, -0.2) is 0 Å². The van der Waals surface area contributed by atoms with Crippen LogP contribution < -0.4 is 5.32 Å². The molecular formula is C33H54ClNO6. The highest BCUT2D eigenvalue weighted by molar-refractivity contribution is 6.21. The van der Waals surface area contributed by atoms with Crippen molar-refractivity contribution in [3.63, 3.8) is 0 Å². The van der Waals surface area contributed by atoms with Gasteiger partial charge in [0.25, 0.3) is 0 Å². The highest BCUT2D eigenvalue weighted by Crippen LogP contribution is 2.43. The minimum atomic E-state index is -0.297. The summed E-state index contributed by atoms with van der Waals surface area (Å²) in [4.78, 5) is 22.8. The summed E-state index contributed by atoms with van der Waals surface area (Å²) in [7, 11) is 0. The van der Waals surface area contributed by atoms with Crippen molar-refractivity contribution >= 4 is 23.4 Å². The first-order valence-corrected chi connectivity index (χ1v) is 16.6. The van der Waals surface area contributed by atoms with Gasteiger partial charge in [0.05, 0.1) is 12.2 Å². The highest BCUT2D eigenvalue weighted by atomic mass is 35.5. The molecule has 2 heterocycles. The number of carbonyl (C=O) groups excluding carboxylic acids is 2. The molecular weight excluding hydrogens is 542 g/mol. The third kappa shape index (κ3) is 13.3. The van der Waals surface area contributed by atoms with Gasteiger partial charge in [0.15, 0.2) is 12.6 Å². The molecule has 7 atom stereocenters. The van der Waals surface area contributed by atoms with Crippen LogP contribution in [0.25, 0.3) is 0 Å². The number of rotatable bonds is 16. The molecule has 2 unspecified atom stereocenters. The first-order chi connectivity index (χ1) is 19.8. The lowest BCUT2D eigenvalue weighted by Gasteiger charge is -2.30. The molecule has 7 nitrogen and oxygen atoms in total. The van der Waals surface area contributed by atoms with E-state index in [9.17, 15) is 9.59 Å². The monoisotopic (exact) mass is 595 g/mol. The molecule has 234 valence electrons. The average molecular weight is 596 g/mol. The van der Waals surface area contributed by atoms with Gasteiger partial charge >= 0.3 is 0 Å². The van der Waals surface area contributed by atoms with E-state index in [2.05, 4.69) is 37.4 Å². The van der Waals surface area contributed by atoms with Crippen LogP contribution in [0.1, 0.15) is 117 Å². The molecule has 0 radical (unpaired) electrons. The molecule has 2 aliphatic heterocycles. The molecule has 1 N–H and O–H groups in total. The molecule has 0 aromatic carbocycles. The zero-order valence-electron chi connectivity index (χ0n) is 25.6. The maximum absolute atomic E-state index is 11.7. The lowest BCUT2D eigenvalue weighted by Crippen LogP contribution is -2.31. The minimum Gasteiger partial charge on any atom is -0.353 e. The Kier molecular flexibility index (Phi) is 16.0. The SMILES string of the molecule is CC(=O)NC(=O)CCCCCC[C@@H]1[C@@H](C=C[C@H](CCC=C(C)C)OC2CCCCO2)[C@H](OC2CCCCO2)C[C@H]1Cl. The highest BCUT2D eigenvalue weighted by Gasteiger charge is 2.42. The molecule has 2 saturated heterocycles. The van der Waals surface area contributed by atoms with E-state index in [0.717, 1.165) is 103 Å². The van der Waals surface area contributed by atoms with E-state index in [-0.39, 0.29) is 47.9 Å². The van der Waals surface area contributed by atoms with Crippen LogP contribution in [0, 0.1) is 11.8 Å². The summed E-state index contributed by atoms with van der Waals surface area (Å²) in [5.41, 5.74) is 1.32. The van der Waals surface area contributed by atoms with Crippen LogP contribution in [-0.2, 0) is 28.5 Å². The third-order valence-electron chi connectivity index (χ3n) is 8.33. The number of amides is 2. The second-order valence-corrected chi connectivity index (χ2v) is 12.8. The van der Waals surface area contributed by atoms with Crippen LogP contribution >= 0.6 is 11.6 Å². The lowest BCUT2D eigenvalue weighted by molar-refractivity contribution is -0.192. The van der Waals surface area contributed by atoms with E-state index >= 15 is 0 Å². The summed E-state index contributed by atoms with van der Waals surface area (Å²) < 4.78 is 24.9.